The molecule has 0 saturated heterocycles. The van der Waals surface area contributed by atoms with Crippen LogP contribution in [0.15, 0.2) is 106 Å². The van der Waals surface area contributed by atoms with E-state index in [4.69, 9.17) is 16.4 Å². The molecule has 0 saturated carbocycles. The van der Waals surface area contributed by atoms with Gasteiger partial charge in [-0.15, -0.1) is 0 Å². The van der Waals surface area contributed by atoms with Crippen molar-refractivity contribution in [1.82, 2.24) is 0 Å². The predicted molar refractivity (Wildman–Crippen MR) is 196 cm³/mol. The molecule has 60 heavy (non-hydrogen) atoms. The molecule has 22 heteroatoms. The molecule has 0 aromatic heterocycles. The van der Waals surface area contributed by atoms with Gasteiger partial charge < -0.3 is 19.4 Å². The second-order valence-electron chi connectivity index (χ2n) is 11.5. The van der Waals surface area contributed by atoms with Crippen molar-refractivity contribution in [2.24, 2.45) is 20.6 Å². The van der Waals surface area contributed by atoms with Gasteiger partial charge in [0, 0.05) is 30.8 Å². The van der Waals surface area contributed by atoms with Gasteiger partial charge in [-0.05, 0) is 65.2 Å². The molecule has 0 aliphatic carbocycles. The van der Waals surface area contributed by atoms with Gasteiger partial charge in [0.05, 0.1) is 33.5 Å². The van der Waals surface area contributed by atoms with Crippen molar-refractivity contribution in [2.75, 3.05) is 21.3 Å². The number of alkyl halides is 12. The smallest absolute Gasteiger partial charge is 0.399 e. The van der Waals surface area contributed by atoms with Crippen LogP contribution in [-0.4, -0.2) is 45.7 Å². The summed E-state index contributed by atoms with van der Waals surface area (Å²) in [7, 11) is 3.76. The van der Waals surface area contributed by atoms with Gasteiger partial charge in [-0.2, -0.15) is 52.7 Å². The second kappa shape index (κ2) is 23.1. The zero-order valence-electron chi connectivity index (χ0n) is 31.1. The molecule has 8 nitrogen and oxygen atoms in total. The lowest BCUT2D eigenvalue weighted by Crippen LogP contribution is -2.14. The van der Waals surface area contributed by atoms with Gasteiger partial charge in [0.2, 0.25) is 0 Å². The van der Waals surface area contributed by atoms with E-state index >= 15 is 0 Å². The molecule has 0 amide bonds. The highest BCUT2D eigenvalue weighted by atomic mass is 35.5. The maximum Gasteiger partial charge on any atom is 0.417 e. The zero-order chi connectivity index (χ0) is 45.1. The Hall–Kier alpha value is -5.86. The van der Waals surface area contributed by atoms with Gasteiger partial charge >= 0.3 is 24.7 Å². The lowest BCUT2D eigenvalue weighted by Gasteiger charge is -2.14. The first kappa shape index (κ1) is 50.3. The molecule has 326 valence electrons. The number of hydrogen-bond acceptors (Lipinski definition) is 8. The summed E-state index contributed by atoms with van der Waals surface area (Å²) in [4.78, 5) is 18.3. The van der Waals surface area contributed by atoms with Crippen molar-refractivity contribution < 1.29 is 76.4 Å². The monoisotopic (exact) mass is 890 g/mol. The van der Waals surface area contributed by atoms with E-state index in [9.17, 15) is 57.1 Å². The normalized spacial score (nSPS) is 12.5. The average molecular weight is 891 g/mol. The van der Waals surface area contributed by atoms with E-state index in [0.717, 1.165) is 37.1 Å². The minimum atomic E-state index is -4.98. The summed E-state index contributed by atoms with van der Waals surface area (Å²) in [6, 6.07) is 16.0. The minimum absolute atomic E-state index is 0.0248. The molecule has 0 bridgehead atoms. The minimum Gasteiger partial charge on any atom is -0.399 e. The molecule has 0 spiro atoms. The summed E-state index contributed by atoms with van der Waals surface area (Å²) >= 11 is 5.46. The quantitative estimate of drug-likeness (QED) is 0.0805. The Kier molecular flexibility index (Phi) is 19.3. The van der Waals surface area contributed by atoms with Crippen molar-refractivity contribution in [3.63, 3.8) is 0 Å². The van der Waals surface area contributed by atoms with E-state index in [1.54, 1.807) is 30.3 Å². The number of halogens is 14. The summed E-state index contributed by atoms with van der Waals surface area (Å²) in [6.45, 7) is 0.0496. The standard InChI is InChI=1S/C18H14F6N2O2.C10H9ClF3NO.C10H9F4NO/c1-27-26-16(10-25-28-11-12-5-3-2-4-6-12)13-7-14(17(19,20)21)9-15(8-13)18(22,23)24;1-16-15-5-4-7-2-3-9(11)8(6-7)10(12,13)14;1-16-15-3-2-7-4-8(10(12,13)14)6-9(11)5-7/h2-10H,11H2,1H3;2-3,5-6H,4H2,1H3;3-6H,2H2,1H3. The average Bonchev–Trinajstić information content (AvgIpc) is 3.16. The van der Waals surface area contributed by atoms with Gasteiger partial charge in [0.1, 0.15) is 39.5 Å². The Morgan fingerprint density at radius 1 is 0.567 bits per heavy atom. The van der Waals surface area contributed by atoms with Gasteiger partial charge in [0.15, 0.2) is 0 Å². The lowest BCUT2D eigenvalue weighted by atomic mass is 10.0. The second-order valence-corrected chi connectivity index (χ2v) is 11.9. The van der Waals surface area contributed by atoms with Crippen LogP contribution in [-0.2, 0) is 63.5 Å². The molecule has 0 heterocycles. The molecular formula is C38H32ClF13N4O4. The van der Waals surface area contributed by atoms with Crippen molar-refractivity contribution in [2.45, 2.75) is 44.2 Å². The molecule has 0 N–H and O–H groups in total. The van der Waals surface area contributed by atoms with E-state index in [2.05, 4.69) is 35.1 Å². The summed E-state index contributed by atoms with van der Waals surface area (Å²) in [6.07, 6.45) is -15.1. The van der Waals surface area contributed by atoms with E-state index in [-0.39, 0.29) is 41.8 Å². The molecule has 4 aromatic carbocycles. The van der Waals surface area contributed by atoms with Crippen LogP contribution in [0.3, 0.4) is 0 Å². The third-order valence-corrected chi connectivity index (χ3v) is 7.36. The third kappa shape index (κ3) is 18.0. The molecule has 4 rings (SSSR count). The molecule has 0 atom stereocenters. The highest BCUT2D eigenvalue weighted by Gasteiger charge is 2.37. The number of rotatable bonds is 12. The van der Waals surface area contributed by atoms with Crippen LogP contribution in [0.25, 0.3) is 0 Å². The Morgan fingerprint density at radius 3 is 1.60 bits per heavy atom. The fourth-order valence-electron chi connectivity index (χ4n) is 4.41. The van der Waals surface area contributed by atoms with Crippen LogP contribution in [0.4, 0.5) is 57.1 Å². The van der Waals surface area contributed by atoms with Crippen LogP contribution in [0, 0.1) is 5.82 Å². The van der Waals surface area contributed by atoms with Crippen LogP contribution in [0.1, 0.15) is 44.5 Å². The van der Waals surface area contributed by atoms with Crippen LogP contribution in [0.5, 0.6) is 0 Å². The van der Waals surface area contributed by atoms with Crippen LogP contribution in [0.2, 0.25) is 5.02 Å². The van der Waals surface area contributed by atoms with Gasteiger partial charge in [-0.1, -0.05) is 68.6 Å². The number of benzene rings is 4. The summed E-state index contributed by atoms with van der Waals surface area (Å²) in [5.74, 6) is -0.921. The maximum atomic E-state index is 13.0. The molecule has 0 aliphatic heterocycles. The van der Waals surface area contributed by atoms with Gasteiger partial charge in [0.25, 0.3) is 0 Å². The SMILES string of the molecule is CON=C(C=NOCc1ccccc1)c1cc(C(F)(F)F)cc(C(F)(F)F)c1.CON=CCc1cc(F)cc(C(F)(F)F)c1.CON=CCc1ccc(Cl)c(C(F)(F)F)c1. The third-order valence-electron chi connectivity index (χ3n) is 7.03. The first-order valence-corrected chi connectivity index (χ1v) is 16.8. The van der Waals surface area contributed by atoms with Crippen LogP contribution < -0.4 is 0 Å². The zero-order valence-corrected chi connectivity index (χ0v) is 31.9. The molecule has 0 radical (unpaired) electrons. The molecular weight excluding hydrogens is 859 g/mol. The van der Waals surface area contributed by atoms with Crippen molar-refractivity contribution >= 4 is 36.0 Å². The predicted octanol–water partition coefficient (Wildman–Crippen LogP) is 11.8. The number of oxime groups is 4. The number of nitrogens with zero attached hydrogens (tertiary/aromatic N) is 4. The summed E-state index contributed by atoms with van der Waals surface area (Å²) in [5, 5.41) is 13.5. The fraction of sp³-hybridized carbons (Fsp3) is 0.263. The molecule has 0 fully saturated rings. The van der Waals surface area contributed by atoms with Crippen molar-refractivity contribution in [3.8, 4) is 0 Å². The molecule has 0 aliphatic rings. The topological polar surface area (TPSA) is 86.4 Å². The van der Waals surface area contributed by atoms with Gasteiger partial charge in [-0.3, -0.25) is 0 Å². The van der Waals surface area contributed by atoms with E-state index in [1.165, 1.54) is 38.8 Å². The van der Waals surface area contributed by atoms with E-state index in [1.807, 2.05) is 0 Å². The highest BCUT2D eigenvalue weighted by molar-refractivity contribution is 6.38. The van der Waals surface area contributed by atoms with Gasteiger partial charge in [-0.25, -0.2) is 4.39 Å². The molecule has 4 aromatic rings. The highest BCUT2D eigenvalue weighted by Crippen LogP contribution is 2.37. The Bertz CT molecular complexity index is 2040. The number of hydrogen-bond donors (Lipinski definition) is 0. The Morgan fingerprint density at radius 2 is 1.10 bits per heavy atom. The summed E-state index contributed by atoms with van der Waals surface area (Å²) in [5.41, 5.74) is -4.21. The van der Waals surface area contributed by atoms with Crippen LogP contribution >= 0.6 is 11.6 Å². The van der Waals surface area contributed by atoms with E-state index < -0.39 is 58.3 Å². The Labute approximate surface area is 338 Å². The Balaban J connectivity index is 0.000000332. The largest absolute Gasteiger partial charge is 0.417 e. The summed E-state index contributed by atoms with van der Waals surface area (Å²) < 4.78 is 165. The first-order valence-electron chi connectivity index (χ1n) is 16.4. The maximum absolute atomic E-state index is 13.0. The van der Waals surface area contributed by atoms with Crippen molar-refractivity contribution in [3.05, 3.63) is 140 Å². The lowest BCUT2D eigenvalue weighted by molar-refractivity contribution is -0.143. The van der Waals surface area contributed by atoms with E-state index in [0.29, 0.717) is 23.8 Å². The van der Waals surface area contributed by atoms with Crippen molar-refractivity contribution in [1.29, 1.82) is 0 Å². The first-order chi connectivity index (χ1) is 28.0. The fourth-order valence-corrected chi connectivity index (χ4v) is 4.63. The molecule has 0 unspecified atom stereocenters.